The highest BCUT2D eigenvalue weighted by atomic mass is 16.4. The molecular weight excluding hydrogens is 320 g/mol. The number of nitrogens with zero attached hydrogens (tertiary/aromatic N) is 2. The lowest BCUT2D eigenvalue weighted by Crippen LogP contribution is -2.56. The van der Waals surface area contributed by atoms with Gasteiger partial charge in [-0.1, -0.05) is 13.3 Å². The number of nitrogen functional groups attached to an aromatic ring is 1. The Balaban J connectivity index is 0.000000891. The minimum absolute atomic E-state index is 0.0139. The summed E-state index contributed by atoms with van der Waals surface area (Å²) in [5.41, 5.74) is 3.89. The van der Waals surface area contributed by atoms with Crippen molar-refractivity contribution >= 4 is 24.2 Å². The van der Waals surface area contributed by atoms with E-state index in [2.05, 4.69) is 9.97 Å². The highest BCUT2D eigenvalue weighted by molar-refractivity contribution is 5.77. The van der Waals surface area contributed by atoms with E-state index < -0.39 is 17.5 Å². The van der Waals surface area contributed by atoms with Gasteiger partial charge in [0.2, 0.25) is 5.95 Å². The van der Waals surface area contributed by atoms with Gasteiger partial charge >= 0.3 is 5.97 Å². The molecule has 0 radical (unpaired) electrons. The van der Waals surface area contributed by atoms with Crippen molar-refractivity contribution in [1.82, 2.24) is 9.97 Å². The van der Waals surface area contributed by atoms with Crippen LogP contribution in [0.5, 0.6) is 0 Å². The SMILES string of the molecule is CCC[C@@]1(C(=O)O)CN(c2cc(=O)[nH]c(N)n2)CC[C@@H]1O.O=CO. The number of nitrogens with one attached hydrogen (secondary N) is 1. The van der Waals surface area contributed by atoms with E-state index in [-0.39, 0.29) is 24.5 Å². The van der Waals surface area contributed by atoms with Crippen molar-refractivity contribution in [3.63, 3.8) is 0 Å². The summed E-state index contributed by atoms with van der Waals surface area (Å²) in [6.07, 6.45) is 0.396. The molecule has 1 aliphatic heterocycles. The molecule has 0 bridgehead atoms. The lowest BCUT2D eigenvalue weighted by Gasteiger charge is -2.43. The van der Waals surface area contributed by atoms with Crippen LogP contribution in [-0.4, -0.2) is 56.9 Å². The van der Waals surface area contributed by atoms with Gasteiger partial charge in [-0.3, -0.25) is 19.4 Å². The third-order valence-electron chi connectivity index (χ3n) is 3.98. The van der Waals surface area contributed by atoms with Crippen LogP contribution < -0.4 is 16.2 Å². The fourth-order valence-corrected chi connectivity index (χ4v) is 2.91. The Morgan fingerprint density at radius 3 is 2.75 bits per heavy atom. The molecular formula is C14H22N4O6. The van der Waals surface area contributed by atoms with Crippen LogP contribution >= 0.6 is 0 Å². The van der Waals surface area contributed by atoms with Crippen LogP contribution in [-0.2, 0) is 9.59 Å². The van der Waals surface area contributed by atoms with Gasteiger partial charge in [0, 0.05) is 19.2 Å². The number of rotatable bonds is 4. The first-order chi connectivity index (χ1) is 11.3. The molecule has 1 fully saturated rings. The van der Waals surface area contributed by atoms with Crippen molar-refractivity contribution in [2.45, 2.75) is 32.3 Å². The van der Waals surface area contributed by atoms with E-state index in [0.717, 1.165) is 0 Å². The minimum Gasteiger partial charge on any atom is -0.483 e. The predicted molar refractivity (Wildman–Crippen MR) is 85.8 cm³/mol. The van der Waals surface area contributed by atoms with Gasteiger partial charge in [0.05, 0.1) is 6.10 Å². The van der Waals surface area contributed by atoms with Crippen LogP contribution in [0.4, 0.5) is 11.8 Å². The van der Waals surface area contributed by atoms with E-state index in [4.69, 9.17) is 15.6 Å². The molecule has 0 unspecified atom stereocenters. The summed E-state index contributed by atoms with van der Waals surface area (Å²) in [4.78, 5) is 39.6. The maximum atomic E-state index is 11.7. The number of hydrogen-bond acceptors (Lipinski definition) is 7. The van der Waals surface area contributed by atoms with E-state index in [1.165, 1.54) is 6.07 Å². The van der Waals surface area contributed by atoms with Gasteiger partial charge in [-0.15, -0.1) is 0 Å². The molecule has 1 aromatic rings. The maximum absolute atomic E-state index is 11.7. The fraction of sp³-hybridized carbons (Fsp3) is 0.571. The van der Waals surface area contributed by atoms with E-state index in [1.54, 1.807) is 4.90 Å². The number of carbonyl (C=O) groups is 2. The van der Waals surface area contributed by atoms with Gasteiger partial charge in [-0.2, -0.15) is 4.98 Å². The zero-order valence-electron chi connectivity index (χ0n) is 13.3. The van der Waals surface area contributed by atoms with Gasteiger partial charge in [-0.25, -0.2) is 0 Å². The Bertz CT molecular complexity index is 634. The Morgan fingerprint density at radius 2 is 2.25 bits per heavy atom. The van der Waals surface area contributed by atoms with Gasteiger partial charge in [0.25, 0.3) is 12.0 Å². The standard InChI is InChI=1S/C13H20N4O4.CH2O2/c1-2-4-13(11(20)21)7-17(5-3-8(13)18)9-6-10(19)16-12(14)15-9;2-1-3/h6,8,18H,2-5,7H2,1H3,(H,20,21)(H3,14,15,16,19);1H,(H,2,3)/t8-,13+;/m0./s1. The zero-order chi connectivity index (χ0) is 18.3. The Morgan fingerprint density at radius 1 is 1.62 bits per heavy atom. The Labute approximate surface area is 137 Å². The molecule has 0 spiro atoms. The first-order valence-electron chi connectivity index (χ1n) is 7.41. The highest BCUT2D eigenvalue weighted by Gasteiger charge is 2.48. The maximum Gasteiger partial charge on any atom is 0.314 e. The van der Waals surface area contributed by atoms with E-state index in [0.29, 0.717) is 31.6 Å². The molecule has 134 valence electrons. The number of aliphatic hydroxyl groups is 1. The molecule has 6 N–H and O–H groups in total. The molecule has 1 aromatic heterocycles. The monoisotopic (exact) mass is 342 g/mol. The molecule has 0 amide bonds. The second-order valence-corrected chi connectivity index (χ2v) is 5.53. The molecule has 10 heteroatoms. The lowest BCUT2D eigenvalue weighted by atomic mass is 9.74. The van der Waals surface area contributed by atoms with E-state index in [1.807, 2.05) is 6.92 Å². The van der Waals surface area contributed by atoms with Crippen molar-refractivity contribution in [3.8, 4) is 0 Å². The number of nitrogens with two attached hydrogens (primary N) is 1. The predicted octanol–water partition coefficient (Wildman–Crippen LogP) is -0.505. The molecule has 2 heterocycles. The number of aliphatic hydroxyl groups excluding tert-OH is 1. The summed E-state index contributed by atoms with van der Waals surface area (Å²) in [5.74, 6) is -0.704. The molecule has 0 aromatic carbocycles. The molecule has 2 atom stereocenters. The number of anilines is 2. The second-order valence-electron chi connectivity index (χ2n) is 5.53. The number of carboxylic acid groups (broad SMARTS) is 2. The van der Waals surface area contributed by atoms with Crippen LogP contribution in [0.3, 0.4) is 0 Å². The van der Waals surface area contributed by atoms with Crippen molar-refractivity contribution in [2.75, 3.05) is 23.7 Å². The fourth-order valence-electron chi connectivity index (χ4n) is 2.91. The molecule has 1 saturated heterocycles. The van der Waals surface area contributed by atoms with Crippen LogP contribution in [0.2, 0.25) is 0 Å². The third kappa shape index (κ3) is 4.22. The van der Waals surface area contributed by atoms with Crippen molar-refractivity contribution in [2.24, 2.45) is 5.41 Å². The molecule has 0 saturated carbocycles. The summed E-state index contributed by atoms with van der Waals surface area (Å²) >= 11 is 0. The topological polar surface area (TPSA) is 170 Å². The summed E-state index contributed by atoms with van der Waals surface area (Å²) in [7, 11) is 0. The van der Waals surface area contributed by atoms with Crippen LogP contribution in [0.15, 0.2) is 10.9 Å². The molecule has 1 aliphatic rings. The summed E-state index contributed by atoms with van der Waals surface area (Å²) < 4.78 is 0. The Kier molecular flexibility index (Phi) is 6.71. The van der Waals surface area contributed by atoms with Crippen LogP contribution in [0, 0.1) is 5.41 Å². The molecule has 10 nitrogen and oxygen atoms in total. The largest absolute Gasteiger partial charge is 0.483 e. The van der Waals surface area contributed by atoms with Crippen molar-refractivity contribution in [1.29, 1.82) is 0 Å². The zero-order valence-corrected chi connectivity index (χ0v) is 13.3. The van der Waals surface area contributed by atoms with Gasteiger partial charge < -0.3 is 26.0 Å². The number of aliphatic carboxylic acids is 1. The lowest BCUT2D eigenvalue weighted by molar-refractivity contribution is -0.158. The summed E-state index contributed by atoms with van der Waals surface area (Å²) in [6.45, 7) is 2.16. The van der Waals surface area contributed by atoms with Gasteiger partial charge in [-0.05, 0) is 12.8 Å². The Hall–Kier alpha value is -2.62. The molecule has 0 aliphatic carbocycles. The van der Waals surface area contributed by atoms with Crippen LogP contribution in [0.25, 0.3) is 0 Å². The number of aromatic amines is 1. The van der Waals surface area contributed by atoms with E-state index in [9.17, 15) is 19.8 Å². The van der Waals surface area contributed by atoms with Crippen molar-refractivity contribution in [3.05, 3.63) is 16.4 Å². The number of H-pyrrole nitrogens is 1. The number of piperidine rings is 1. The van der Waals surface area contributed by atoms with Gasteiger partial charge in [0.15, 0.2) is 0 Å². The van der Waals surface area contributed by atoms with Crippen LogP contribution in [0.1, 0.15) is 26.2 Å². The average molecular weight is 342 g/mol. The third-order valence-corrected chi connectivity index (χ3v) is 3.98. The number of hydrogen-bond donors (Lipinski definition) is 5. The summed E-state index contributed by atoms with van der Waals surface area (Å²) in [6, 6.07) is 1.28. The molecule has 2 rings (SSSR count). The number of aromatic nitrogens is 2. The molecule has 24 heavy (non-hydrogen) atoms. The first kappa shape index (κ1) is 19.4. The minimum atomic E-state index is -1.24. The van der Waals surface area contributed by atoms with E-state index >= 15 is 0 Å². The smallest absolute Gasteiger partial charge is 0.314 e. The van der Waals surface area contributed by atoms with Gasteiger partial charge in [0.1, 0.15) is 11.2 Å². The highest BCUT2D eigenvalue weighted by Crippen LogP contribution is 2.36. The second kappa shape index (κ2) is 8.29. The average Bonchev–Trinajstić information content (AvgIpc) is 2.49. The normalized spacial score (nSPS) is 23.1. The van der Waals surface area contributed by atoms with Crippen molar-refractivity contribution < 1.29 is 24.9 Å². The number of carboxylic acids is 1. The summed E-state index contributed by atoms with van der Waals surface area (Å²) in [5, 5.41) is 26.6. The first-order valence-corrected chi connectivity index (χ1v) is 7.41. The quantitative estimate of drug-likeness (QED) is 0.452.